The van der Waals surface area contributed by atoms with Crippen LogP contribution in [-0.2, 0) is 0 Å². The fourth-order valence-electron chi connectivity index (χ4n) is 0.686. The fourth-order valence-corrected chi connectivity index (χ4v) is 0.686. The smallest absolute Gasteiger partial charge is 0.292 e. The van der Waals surface area contributed by atoms with Gasteiger partial charge >= 0.3 is 12.1 Å². The van der Waals surface area contributed by atoms with E-state index < -0.39 is 12.1 Å². The molecule has 0 spiro atoms. The fraction of sp³-hybridized carbons (Fsp3) is 0. The number of urea groups is 2. The molecule has 3 N–H and O–H groups in total. The summed E-state index contributed by atoms with van der Waals surface area (Å²) in [6.45, 7) is 0. The summed E-state index contributed by atoms with van der Waals surface area (Å²) in [6.07, 6.45) is 0. The van der Waals surface area contributed by atoms with Crippen LogP contribution in [-0.4, -0.2) is 12.1 Å². The van der Waals surface area contributed by atoms with E-state index in [9.17, 15) is 9.59 Å². The molecule has 0 aromatic carbocycles. The first-order chi connectivity index (χ1) is 6.17. The summed E-state index contributed by atoms with van der Waals surface area (Å²) in [7, 11) is 0. The summed E-state index contributed by atoms with van der Waals surface area (Å²) in [4.78, 5) is 21.4. The minimum absolute atomic E-state index is 0.196. The molecule has 1 saturated heterocycles. The van der Waals surface area contributed by atoms with Crippen LogP contribution in [0.2, 0.25) is 0 Å². The highest BCUT2D eigenvalue weighted by Gasteiger charge is 2.20. The van der Waals surface area contributed by atoms with Gasteiger partial charge in [-0.3, -0.25) is 16.0 Å². The Balaban J connectivity index is 3.01. The largest absolute Gasteiger partial charge is 0.328 e. The molecule has 0 aromatic heterocycles. The van der Waals surface area contributed by atoms with Crippen LogP contribution in [0.3, 0.4) is 0 Å². The number of hydrogen-bond donors (Lipinski definition) is 3. The highest BCUT2D eigenvalue weighted by Crippen LogP contribution is 1.98. The Bertz CT molecular complexity index is 349. The van der Waals surface area contributed by atoms with Crippen molar-refractivity contribution in [3.8, 4) is 12.1 Å². The number of allylic oxidation sites excluding steroid dienone is 1. The molecule has 1 rings (SSSR count). The maximum Gasteiger partial charge on any atom is 0.328 e. The summed E-state index contributed by atoms with van der Waals surface area (Å²) in [5.74, 6) is -0.196. The predicted molar refractivity (Wildman–Crippen MR) is 38.5 cm³/mol. The normalized spacial score (nSPS) is 14.5. The van der Waals surface area contributed by atoms with E-state index in [4.69, 9.17) is 10.5 Å². The number of carbonyl (C=O) groups is 2. The molecule has 0 aromatic rings. The summed E-state index contributed by atoms with van der Waals surface area (Å²) in [5, 5.41) is 22.9. The number of carbonyl (C=O) groups excluding carboxylic acids is 2. The Kier molecular flexibility index (Phi) is 2.13. The number of nitrogens with one attached hydrogen (secondary N) is 3. The predicted octanol–water partition coefficient (Wildman–Crippen LogP) is -0.732. The van der Waals surface area contributed by atoms with E-state index in [-0.39, 0.29) is 11.4 Å². The highest BCUT2D eigenvalue weighted by atomic mass is 16.2. The first kappa shape index (κ1) is 8.56. The molecular formula is C6H3N5O2. The number of amides is 4. The van der Waals surface area contributed by atoms with Gasteiger partial charge in [-0.15, -0.1) is 0 Å². The third kappa shape index (κ3) is 1.73. The van der Waals surface area contributed by atoms with E-state index in [1.165, 1.54) is 12.1 Å². The maximum absolute atomic E-state index is 10.7. The lowest BCUT2D eigenvalue weighted by Crippen LogP contribution is -2.54. The van der Waals surface area contributed by atoms with Crippen LogP contribution in [0.5, 0.6) is 0 Å². The monoisotopic (exact) mass is 177 g/mol. The van der Waals surface area contributed by atoms with Gasteiger partial charge in [0.15, 0.2) is 5.57 Å². The maximum atomic E-state index is 10.7. The van der Waals surface area contributed by atoms with Crippen LogP contribution in [0.15, 0.2) is 11.4 Å². The molecule has 13 heavy (non-hydrogen) atoms. The van der Waals surface area contributed by atoms with Crippen molar-refractivity contribution in [2.45, 2.75) is 0 Å². The van der Waals surface area contributed by atoms with Crippen LogP contribution in [0.4, 0.5) is 9.59 Å². The number of nitriles is 2. The first-order valence-electron chi connectivity index (χ1n) is 3.11. The van der Waals surface area contributed by atoms with E-state index in [1.54, 1.807) is 0 Å². The second-order valence-corrected chi connectivity index (χ2v) is 2.01. The average Bonchev–Trinajstić information content (AvgIpc) is 2.04. The lowest BCUT2D eigenvalue weighted by Gasteiger charge is -2.16. The van der Waals surface area contributed by atoms with Crippen molar-refractivity contribution >= 4 is 12.1 Å². The molecule has 0 saturated carbocycles. The minimum Gasteiger partial charge on any atom is -0.292 e. The van der Waals surface area contributed by atoms with Gasteiger partial charge in [0.05, 0.1) is 0 Å². The molecule has 0 aliphatic carbocycles. The molecule has 7 heteroatoms. The van der Waals surface area contributed by atoms with E-state index in [2.05, 4.69) is 10.6 Å². The Labute approximate surface area is 72.6 Å². The third-order valence-corrected chi connectivity index (χ3v) is 1.18. The van der Waals surface area contributed by atoms with Crippen molar-refractivity contribution < 1.29 is 9.59 Å². The van der Waals surface area contributed by atoms with Crippen LogP contribution in [0, 0.1) is 22.7 Å². The quantitative estimate of drug-likeness (QED) is 0.422. The van der Waals surface area contributed by atoms with Crippen LogP contribution >= 0.6 is 0 Å². The molecular weight excluding hydrogens is 174 g/mol. The summed E-state index contributed by atoms with van der Waals surface area (Å²) < 4.78 is 0. The van der Waals surface area contributed by atoms with Gasteiger partial charge in [-0.05, 0) is 0 Å². The Hall–Kier alpha value is -2.54. The summed E-state index contributed by atoms with van der Waals surface area (Å²) in [6, 6.07) is 1.50. The number of hydrogen-bond acceptors (Lipinski definition) is 4. The SMILES string of the molecule is N#CC(C#N)=C1NC(=O)NC(=O)N1. The van der Waals surface area contributed by atoms with Crippen molar-refractivity contribution in [1.82, 2.24) is 16.0 Å². The van der Waals surface area contributed by atoms with Gasteiger partial charge in [0, 0.05) is 0 Å². The lowest BCUT2D eigenvalue weighted by molar-refractivity contribution is 0.224. The van der Waals surface area contributed by atoms with Crippen molar-refractivity contribution in [3.05, 3.63) is 11.4 Å². The van der Waals surface area contributed by atoms with Gasteiger partial charge in [0.2, 0.25) is 0 Å². The summed E-state index contributed by atoms with van der Waals surface area (Å²) in [5.41, 5.74) is -0.358. The Morgan fingerprint density at radius 3 is 1.85 bits per heavy atom. The Morgan fingerprint density at radius 2 is 1.46 bits per heavy atom. The standard InChI is InChI=1S/C6H3N5O2/c7-1-3(2-8)4-9-5(12)11-6(13)10-4/h(H3,9,10,11,12,13). The van der Waals surface area contributed by atoms with Crippen LogP contribution in [0.1, 0.15) is 0 Å². The van der Waals surface area contributed by atoms with Crippen LogP contribution < -0.4 is 16.0 Å². The average molecular weight is 177 g/mol. The minimum atomic E-state index is -0.776. The first-order valence-corrected chi connectivity index (χ1v) is 3.11. The van der Waals surface area contributed by atoms with Crippen molar-refractivity contribution in [1.29, 1.82) is 10.5 Å². The van der Waals surface area contributed by atoms with Crippen LogP contribution in [0.25, 0.3) is 0 Å². The Morgan fingerprint density at radius 1 is 1.00 bits per heavy atom. The molecule has 1 heterocycles. The second kappa shape index (κ2) is 3.24. The number of rotatable bonds is 0. The van der Waals surface area contributed by atoms with Crippen molar-refractivity contribution in [2.75, 3.05) is 0 Å². The molecule has 7 nitrogen and oxygen atoms in total. The molecule has 1 aliphatic rings. The second-order valence-electron chi connectivity index (χ2n) is 2.01. The molecule has 1 fully saturated rings. The molecule has 0 bridgehead atoms. The van der Waals surface area contributed by atoms with Crippen molar-refractivity contribution in [3.63, 3.8) is 0 Å². The van der Waals surface area contributed by atoms with Crippen molar-refractivity contribution in [2.24, 2.45) is 0 Å². The molecule has 64 valence electrons. The topological polar surface area (TPSA) is 118 Å². The van der Waals surface area contributed by atoms with Gasteiger partial charge in [0.25, 0.3) is 0 Å². The van der Waals surface area contributed by atoms with Gasteiger partial charge in [0.1, 0.15) is 18.0 Å². The molecule has 0 atom stereocenters. The molecule has 4 amide bonds. The molecule has 0 unspecified atom stereocenters. The van der Waals surface area contributed by atoms with Gasteiger partial charge in [-0.1, -0.05) is 0 Å². The number of nitrogens with zero attached hydrogens (tertiary/aromatic N) is 2. The zero-order valence-electron chi connectivity index (χ0n) is 6.21. The van der Waals surface area contributed by atoms with E-state index in [1.807, 2.05) is 5.32 Å². The molecule has 0 radical (unpaired) electrons. The number of imide groups is 1. The zero-order chi connectivity index (χ0) is 9.84. The van der Waals surface area contributed by atoms with E-state index >= 15 is 0 Å². The zero-order valence-corrected chi connectivity index (χ0v) is 6.21. The summed E-state index contributed by atoms with van der Waals surface area (Å²) >= 11 is 0. The third-order valence-electron chi connectivity index (χ3n) is 1.18. The van der Waals surface area contributed by atoms with E-state index in [0.717, 1.165) is 0 Å². The van der Waals surface area contributed by atoms with Gasteiger partial charge in [-0.2, -0.15) is 10.5 Å². The van der Waals surface area contributed by atoms with E-state index in [0.29, 0.717) is 0 Å². The highest BCUT2D eigenvalue weighted by molar-refractivity contribution is 5.98. The van der Waals surface area contributed by atoms with Gasteiger partial charge < -0.3 is 0 Å². The lowest BCUT2D eigenvalue weighted by atomic mass is 10.3. The molecule has 1 aliphatic heterocycles. The van der Waals surface area contributed by atoms with Gasteiger partial charge in [-0.25, -0.2) is 9.59 Å².